The van der Waals surface area contributed by atoms with E-state index in [9.17, 15) is 13.2 Å². The van der Waals surface area contributed by atoms with Crippen molar-refractivity contribution in [3.8, 4) is 0 Å². The van der Waals surface area contributed by atoms with E-state index in [1.54, 1.807) is 12.1 Å². The number of primary amides is 1. The molecule has 0 unspecified atom stereocenters. The van der Waals surface area contributed by atoms with Crippen molar-refractivity contribution >= 4 is 15.9 Å². The molecule has 1 saturated carbocycles. The van der Waals surface area contributed by atoms with E-state index >= 15 is 4.39 Å². The third kappa shape index (κ3) is 4.04. The molecule has 2 atom stereocenters. The Hall–Kier alpha value is -2.33. The lowest BCUT2D eigenvalue weighted by Gasteiger charge is -2.52. The van der Waals surface area contributed by atoms with Crippen molar-refractivity contribution in [2.75, 3.05) is 14.2 Å². The molecular weight excluding hydrogens is 459 g/mol. The SMILES string of the molecule is COC1(OC)CC(C(N)=O)(c2ccc(CN3[C@@H](C)CC[C@H](c4ccccc4)S3(=O)=O)c(F)c2)C1. The number of amides is 1. The van der Waals surface area contributed by atoms with Crippen LogP contribution in [0.1, 0.15) is 54.5 Å². The Morgan fingerprint density at radius 2 is 1.76 bits per heavy atom. The van der Waals surface area contributed by atoms with E-state index in [4.69, 9.17) is 15.2 Å². The van der Waals surface area contributed by atoms with E-state index in [0.717, 1.165) is 5.56 Å². The van der Waals surface area contributed by atoms with Crippen LogP contribution in [0.2, 0.25) is 0 Å². The molecular formula is C25H31FN2O5S. The highest BCUT2D eigenvalue weighted by molar-refractivity contribution is 7.89. The average Bonchev–Trinajstić information content (AvgIpc) is 2.78. The van der Waals surface area contributed by atoms with Crippen molar-refractivity contribution < 1.29 is 27.1 Å². The van der Waals surface area contributed by atoms with Gasteiger partial charge in [0.05, 0.1) is 5.41 Å². The van der Waals surface area contributed by atoms with Crippen LogP contribution < -0.4 is 5.73 Å². The summed E-state index contributed by atoms with van der Waals surface area (Å²) in [5.41, 5.74) is 6.01. The zero-order valence-corrected chi connectivity index (χ0v) is 20.5. The summed E-state index contributed by atoms with van der Waals surface area (Å²) in [5, 5.41) is -0.656. The highest BCUT2D eigenvalue weighted by atomic mass is 32.2. The molecule has 7 nitrogen and oxygen atoms in total. The third-order valence-corrected chi connectivity index (χ3v) is 9.86. The van der Waals surface area contributed by atoms with Crippen LogP contribution in [0.15, 0.2) is 48.5 Å². The van der Waals surface area contributed by atoms with Gasteiger partial charge in [0.1, 0.15) is 11.1 Å². The molecule has 2 aromatic carbocycles. The fourth-order valence-corrected chi connectivity index (χ4v) is 7.44. The number of sulfonamides is 1. The molecule has 4 rings (SSSR count). The van der Waals surface area contributed by atoms with Gasteiger partial charge in [-0.15, -0.1) is 0 Å². The Morgan fingerprint density at radius 1 is 1.12 bits per heavy atom. The Bertz CT molecular complexity index is 1160. The minimum atomic E-state index is -3.69. The van der Waals surface area contributed by atoms with Crippen LogP contribution in [-0.4, -0.2) is 44.7 Å². The minimum absolute atomic E-state index is 0.0808. The number of halogens is 1. The lowest BCUT2D eigenvalue weighted by molar-refractivity contribution is -0.274. The number of hydrogen-bond donors (Lipinski definition) is 1. The lowest BCUT2D eigenvalue weighted by atomic mass is 9.60. The van der Waals surface area contributed by atoms with E-state index in [1.807, 2.05) is 37.3 Å². The highest BCUT2D eigenvalue weighted by Crippen LogP contribution is 2.52. The van der Waals surface area contributed by atoms with E-state index in [0.29, 0.717) is 18.4 Å². The number of carbonyl (C=O) groups excluding carboxylic acids is 1. The van der Waals surface area contributed by atoms with Crippen molar-refractivity contribution in [1.82, 2.24) is 4.31 Å². The van der Waals surface area contributed by atoms with Gasteiger partial charge < -0.3 is 15.2 Å². The van der Waals surface area contributed by atoms with Crippen molar-refractivity contribution in [2.24, 2.45) is 5.73 Å². The number of hydrogen-bond acceptors (Lipinski definition) is 5. The first-order valence-electron chi connectivity index (χ1n) is 11.3. The van der Waals surface area contributed by atoms with Crippen molar-refractivity contribution in [3.05, 3.63) is 71.0 Å². The fourth-order valence-electron chi connectivity index (χ4n) is 5.25. The molecule has 2 aromatic rings. The van der Waals surface area contributed by atoms with Gasteiger partial charge in [-0.25, -0.2) is 12.8 Å². The molecule has 184 valence electrons. The van der Waals surface area contributed by atoms with Gasteiger partial charge in [-0.3, -0.25) is 4.79 Å². The van der Waals surface area contributed by atoms with Gasteiger partial charge in [-0.1, -0.05) is 42.5 Å². The number of nitrogens with two attached hydrogens (primary N) is 1. The second-order valence-electron chi connectivity index (χ2n) is 9.34. The molecule has 1 aliphatic carbocycles. The highest BCUT2D eigenvalue weighted by Gasteiger charge is 2.60. The number of nitrogens with zero attached hydrogens (tertiary/aromatic N) is 1. The summed E-state index contributed by atoms with van der Waals surface area (Å²) in [7, 11) is -0.715. The standard InChI is InChI=1S/C25H31FN2O5S/c1-17-9-12-22(18-7-5-4-6-8-18)34(30,31)28(17)14-19-10-11-20(13-21(19)26)24(23(27)29)15-25(16-24,32-2)33-3/h4-8,10-11,13,17,22H,9,12,14-16H2,1-3H3,(H2,27,29)/t17-,22+/m0/s1. The van der Waals surface area contributed by atoms with Crippen LogP contribution in [0.4, 0.5) is 4.39 Å². The number of rotatable bonds is 7. The van der Waals surface area contributed by atoms with Crippen LogP contribution in [0, 0.1) is 5.82 Å². The molecule has 1 heterocycles. The summed E-state index contributed by atoms with van der Waals surface area (Å²) in [6.45, 7) is 1.76. The van der Waals surface area contributed by atoms with E-state index in [2.05, 4.69) is 0 Å². The molecule has 0 radical (unpaired) electrons. The van der Waals surface area contributed by atoms with Gasteiger partial charge in [0.2, 0.25) is 15.9 Å². The largest absolute Gasteiger partial charge is 0.369 e. The molecule has 34 heavy (non-hydrogen) atoms. The second kappa shape index (κ2) is 9.03. The van der Waals surface area contributed by atoms with Gasteiger partial charge in [0, 0.05) is 45.2 Å². The number of carbonyl (C=O) groups is 1. The van der Waals surface area contributed by atoms with Crippen LogP contribution in [0.25, 0.3) is 0 Å². The first kappa shape index (κ1) is 24.8. The quantitative estimate of drug-likeness (QED) is 0.600. The van der Waals surface area contributed by atoms with Crippen molar-refractivity contribution in [2.45, 2.75) is 61.6 Å². The zero-order chi connectivity index (χ0) is 24.7. The van der Waals surface area contributed by atoms with Crippen LogP contribution >= 0.6 is 0 Å². The monoisotopic (exact) mass is 490 g/mol. The third-order valence-electron chi connectivity index (χ3n) is 7.49. The van der Waals surface area contributed by atoms with E-state index in [-0.39, 0.29) is 31.0 Å². The summed E-state index contributed by atoms with van der Waals surface area (Å²) in [5.74, 6) is -2.09. The summed E-state index contributed by atoms with van der Waals surface area (Å²) < 4.78 is 54.4. The molecule has 2 aliphatic rings. The smallest absolute Gasteiger partial charge is 0.228 e. The van der Waals surface area contributed by atoms with Crippen LogP contribution in [0.5, 0.6) is 0 Å². The zero-order valence-electron chi connectivity index (χ0n) is 19.7. The maximum absolute atomic E-state index is 15.3. The molecule has 9 heteroatoms. The Kier molecular flexibility index (Phi) is 6.58. The van der Waals surface area contributed by atoms with Gasteiger partial charge >= 0.3 is 0 Å². The Labute approximate surface area is 200 Å². The molecule has 0 bridgehead atoms. The van der Waals surface area contributed by atoms with Crippen molar-refractivity contribution in [3.63, 3.8) is 0 Å². The normalized spacial score (nSPS) is 25.4. The summed E-state index contributed by atoms with van der Waals surface area (Å²) in [4.78, 5) is 12.3. The molecule has 2 N–H and O–H groups in total. The summed E-state index contributed by atoms with van der Waals surface area (Å²) in [6, 6.07) is 13.3. The maximum Gasteiger partial charge on any atom is 0.228 e. The number of methoxy groups -OCH3 is 2. The number of ether oxygens (including phenoxy) is 2. The second-order valence-corrected chi connectivity index (χ2v) is 11.4. The van der Waals surface area contributed by atoms with E-state index in [1.165, 1.54) is 24.6 Å². The van der Waals surface area contributed by atoms with Gasteiger partial charge in [0.25, 0.3) is 0 Å². The molecule has 0 aromatic heterocycles. The number of benzene rings is 2. The predicted molar refractivity (Wildman–Crippen MR) is 126 cm³/mol. The topological polar surface area (TPSA) is 98.9 Å². The molecule has 1 saturated heterocycles. The van der Waals surface area contributed by atoms with Crippen LogP contribution in [0.3, 0.4) is 0 Å². The maximum atomic E-state index is 15.3. The molecule has 2 fully saturated rings. The Morgan fingerprint density at radius 3 is 2.32 bits per heavy atom. The Balaban J connectivity index is 1.61. The molecule has 0 spiro atoms. The van der Waals surface area contributed by atoms with Gasteiger partial charge in [0.15, 0.2) is 5.79 Å². The fraction of sp³-hybridized carbons (Fsp3) is 0.480. The summed E-state index contributed by atoms with van der Waals surface area (Å²) in [6.07, 6.45) is 1.56. The van der Waals surface area contributed by atoms with Crippen molar-refractivity contribution in [1.29, 1.82) is 0 Å². The first-order valence-corrected chi connectivity index (χ1v) is 12.8. The van der Waals surface area contributed by atoms with Gasteiger partial charge in [-0.2, -0.15) is 4.31 Å². The lowest BCUT2D eigenvalue weighted by Crippen LogP contribution is -2.62. The average molecular weight is 491 g/mol. The van der Waals surface area contributed by atoms with Gasteiger partial charge in [-0.05, 0) is 37.0 Å². The predicted octanol–water partition coefficient (Wildman–Crippen LogP) is 3.39. The van der Waals surface area contributed by atoms with E-state index < -0.39 is 38.2 Å². The molecule has 1 amide bonds. The first-order chi connectivity index (χ1) is 16.1. The molecule has 1 aliphatic heterocycles. The minimum Gasteiger partial charge on any atom is -0.369 e. The summed E-state index contributed by atoms with van der Waals surface area (Å²) >= 11 is 0. The van der Waals surface area contributed by atoms with Crippen LogP contribution in [-0.2, 0) is 36.3 Å².